The lowest BCUT2D eigenvalue weighted by molar-refractivity contribution is -0.154. The monoisotopic (exact) mass is 238 g/mol. The standard InChI is InChI=1S/C8H14O8/c9-1-3(11)5(13)7(15)8(16)6(14)4(12)2-10/h3-6,9-14H,1-2H2/t3-,4-,5-,6+/m0/s1. The second-order valence-corrected chi connectivity index (χ2v) is 3.12. The topological polar surface area (TPSA) is 156 Å². The van der Waals surface area contributed by atoms with Crippen LogP contribution in [0.3, 0.4) is 0 Å². The number of aliphatic hydroxyl groups is 6. The summed E-state index contributed by atoms with van der Waals surface area (Å²) in [5, 5.41) is 52.6. The number of rotatable bonds is 7. The summed E-state index contributed by atoms with van der Waals surface area (Å²) in [6.07, 6.45) is -8.07. The fourth-order valence-corrected chi connectivity index (χ4v) is 0.841. The van der Waals surface area contributed by atoms with Crippen molar-refractivity contribution < 1.29 is 40.2 Å². The highest BCUT2D eigenvalue weighted by Crippen LogP contribution is 2.02. The molecule has 0 aromatic heterocycles. The van der Waals surface area contributed by atoms with Crippen LogP contribution in [0.2, 0.25) is 0 Å². The van der Waals surface area contributed by atoms with Crippen LogP contribution in [-0.4, -0.2) is 79.8 Å². The average Bonchev–Trinajstić information content (AvgIpc) is 2.32. The van der Waals surface area contributed by atoms with E-state index in [0.717, 1.165) is 0 Å². The van der Waals surface area contributed by atoms with Crippen LogP contribution >= 0.6 is 0 Å². The zero-order valence-electron chi connectivity index (χ0n) is 8.22. The Morgan fingerprint density at radius 2 is 1.00 bits per heavy atom. The van der Waals surface area contributed by atoms with Crippen molar-refractivity contribution >= 4 is 11.6 Å². The molecular weight excluding hydrogens is 224 g/mol. The Bertz CT molecular complexity index is 226. The molecule has 0 aliphatic rings. The molecule has 4 atom stereocenters. The molecule has 8 nitrogen and oxygen atoms in total. The number of carbonyl (C=O) groups excluding carboxylic acids is 2. The number of aliphatic hydroxyl groups excluding tert-OH is 6. The van der Waals surface area contributed by atoms with E-state index in [1.54, 1.807) is 0 Å². The average molecular weight is 238 g/mol. The number of carbonyl (C=O) groups is 2. The van der Waals surface area contributed by atoms with Crippen LogP contribution in [0, 0.1) is 0 Å². The lowest BCUT2D eigenvalue weighted by atomic mass is 10.0. The maximum atomic E-state index is 11.1. The molecular formula is C8H14O8. The van der Waals surface area contributed by atoms with Crippen LogP contribution in [0.1, 0.15) is 0 Å². The van der Waals surface area contributed by atoms with Crippen molar-refractivity contribution in [2.45, 2.75) is 24.4 Å². The molecule has 0 aliphatic heterocycles. The Hall–Kier alpha value is -0.900. The van der Waals surface area contributed by atoms with Gasteiger partial charge in [0, 0.05) is 0 Å². The van der Waals surface area contributed by atoms with E-state index in [1.165, 1.54) is 0 Å². The summed E-state index contributed by atoms with van der Waals surface area (Å²) >= 11 is 0. The van der Waals surface area contributed by atoms with Gasteiger partial charge in [-0.05, 0) is 0 Å². The van der Waals surface area contributed by atoms with Gasteiger partial charge in [-0.25, -0.2) is 0 Å². The van der Waals surface area contributed by atoms with Crippen LogP contribution in [0.25, 0.3) is 0 Å². The predicted octanol–water partition coefficient (Wildman–Crippen LogP) is -4.45. The van der Waals surface area contributed by atoms with Gasteiger partial charge in [-0.2, -0.15) is 0 Å². The van der Waals surface area contributed by atoms with Gasteiger partial charge < -0.3 is 30.6 Å². The van der Waals surface area contributed by atoms with E-state index in [1.807, 2.05) is 0 Å². The first-order valence-electron chi connectivity index (χ1n) is 4.38. The van der Waals surface area contributed by atoms with E-state index in [2.05, 4.69) is 0 Å². The Balaban J connectivity index is 4.55. The van der Waals surface area contributed by atoms with Crippen LogP contribution in [-0.2, 0) is 9.59 Å². The van der Waals surface area contributed by atoms with Gasteiger partial charge in [0.2, 0.25) is 11.6 Å². The molecule has 0 bridgehead atoms. The third kappa shape index (κ3) is 3.59. The molecule has 0 unspecified atom stereocenters. The summed E-state index contributed by atoms with van der Waals surface area (Å²) in [5.74, 6) is -3.11. The molecule has 8 heteroatoms. The molecule has 16 heavy (non-hydrogen) atoms. The lowest BCUT2D eigenvalue weighted by Gasteiger charge is -2.17. The van der Waals surface area contributed by atoms with Gasteiger partial charge in [-0.3, -0.25) is 9.59 Å². The molecule has 0 radical (unpaired) electrons. The third-order valence-electron chi connectivity index (χ3n) is 1.88. The third-order valence-corrected chi connectivity index (χ3v) is 1.88. The second-order valence-electron chi connectivity index (χ2n) is 3.12. The highest BCUT2D eigenvalue weighted by molar-refractivity contribution is 6.40. The summed E-state index contributed by atoms with van der Waals surface area (Å²) in [7, 11) is 0. The molecule has 0 aromatic carbocycles. The first-order valence-corrected chi connectivity index (χ1v) is 4.38. The van der Waals surface area contributed by atoms with Crippen molar-refractivity contribution in [1.82, 2.24) is 0 Å². The molecule has 0 rings (SSSR count). The minimum Gasteiger partial charge on any atom is -0.394 e. The van der Waals surface area contributed by atoms with E-state index >= 15 is 0 Å². The fourth-order valence-electron chi connectivity index (χ4n) is 0.841. The molecule has 0 spiro atoms. The number of hydrogen-bond donors (Lipinski definition) is 6. The smallest absolute Gasteiger partial charge is 0.232 e. The van der Waals surface area contributed by atoms with Gasteiger partial charge in [0.1, 0.15) is 24.4 Å². The molecule has 0 fully saturated rings. The summed E-state index contributed by atoms with van der Waals surface area (Å²) in [5.41, 5.74) is 0. The number of Topliss-reactive ketones (excluding diaryl/α,β-unsaturated/α-hetero) is 2. The lowest BCUT2D eigenvalue weighted by Crippen LogP contribution is -2.47. The fraction of sp³-hybridized carbons (Fsp3) is 0.750. The number of hydrogen-bond acceptors (Lipinski definition) is 8. The van der Waals surface area contributed by atoms with Crippen LogP contribution in [0.15, 0.2) is 0 Å². The largest absolute Gasteiger partial charge is 0.394 e. The molecule has 6 N–H and O–H groups in total. The molecule has 0 amide bonds. The Morgan fingerprint density at radius 1 is 0.750 bits per heavy atom. The molecule has 0 saturated heterocycles. The normalized spacial score (nSPS) is 18.6. The molecule has 0 aliphatic carbocycles. The maximum absolute atomic E-state index is 11.1. The van der Waals surface area contributed by atoms with E-state index in [9.17, 15) is 9.59 Å². The first-order chi connectivity index (χ1) is 7.36. The van der Waals surface area contributed by atoms with Crippen molar-refractivity contribution in [2.24, 2.45) is 0 Å². The van der Waals surface area contributed by atoms with E-state index in [4.69, 9.17) is 30.6 Å². The SMILES string of the molecule is O=C(C(=O)[C@H](O)[C@@H](O)CO)[C@@H](O)[C@@H](O)CO. The predicted molar refractivity (Wildman–Crippen MR) is 48.2 cm³/mol. The summed E-state index contributed by atoms with van der Waals surface area (Å²) in [4.78, 5) is 22.2. The summed E-state index contributed by atoms with van der Waals surface area (Å²) < 4.78 is 0. The van der Waals surface area contributed by atoms with Gasteiger partial charge in [0.05, 0.1) is 13.2 Å². The summed E-state index contributed by atoms with van der Waals surface area (Å²) in [6, 6.07) is 0. The van der Waals surface area contributed by atoms with E-state index in [0.29, 0.717) is 0 Å². The van der Waals surface area contributed by atoms with Gasteiger partial charge in [0.25, 0.3) is 0 Å². The Morgan fingerprint density at radius 3 is 1.19 bits per heavy atom. The molecule has 94 valence electrons. The summed E-state index contributed by atoms with van der Waals surface area (Å²) in [6.45, 7) is -1.89. The van der Waals surface area contributed by atoms with E-state index in [-0.39, 0.29) is 0 Å². The van der Waals surface area contributed by atoms with Crippen molar-refractivity contribution in [3.8, 4) is 0 Å². The van der Waals surface area contributed by atoms with Gasteiger partial charge >= 0.3 is 0 Å². The van der Waals surface area contributed by atoms with Gasteiger partial charge in [0.15, 0.2) is 0 Å². The van der Waals surface area contributed by atoms with Crippen molar-refractivity contribution in [2.75, 3.05) is 13.2 Å². The van der Waals surface area contributed by atoms with Crippen LogP contribution in [0.5, 0.6) is 0 Å². The van der Waals surface area contributed by atoms with Crippen LogP contribution < -0.4 is 0 Å². The minimum absolute atomic E-state index is 0.946. The zero-order valence-corrected chi connectivity index (χ0v) is 8.22. The van der Waals surface area contributed by atoms with Crippen molar-refractivity contribution in [1.29, 1.82) is 0 Å². The first kappa shape index (κ1) is 15.1. The zero-order chi connectivity index (χ0) is 12.9. The van der Waals surface area contributed by atoms with Gasteiger partial charge in [-0.15, -0.1) is 0 Å². The van der Waals surface area contributed by atoms with E-state index < -0.39 is 49.2 Å². The highest BCUT2D eigenvalue weighted by atomic mass is 16.4. The molecule has 0 aromatic rings. The molecule has 0 heterocycles. The minimum atomic E-state index is -2.18. The van der Waals surface area contributed by atoms with Gasteiger partial charge in [-0.1, -0.05) is 0 Å². The van der Waals surface area contributed by atoms with Crippen molar-refractivity contribution in [3.63, 3.8) is 0 Å². The van der Waals surface area contributed by atoms with Crippen molar-refractivity contribution in [3.05, 3.63) is 0 Å². The number of ketones is 2. The Kier molecular flexibility index (Phi) is 6.26. The second kappa shape index (κ2) is 6.63. The van der Waals surface area contributed by atoms with Crippen LogP contribution in [0.4, 0.5) is 0 Å². The molecule has 0 saturated carbocycles. The maximum Gasteiger partial charge on any atom is 0.232 e. The Labute approximate surface area is 90.4 Å². The highest BCUT2D eigenvalue weighted by Gasteiger charge is 2.35. The quantitative estimate of drug-likeness (QED) is 0.243.